The van der Waals surface area contributed by atoms with Crippen LogP contribution < -0.4 is 10.9 Å². The summed E-state index contributed by atoms with van der Waals surface area (Å²) < 4.78 is 13.1. The van der Waals surface area contributed by atoms with Crippen molar-refractivity contribution in [1.82, 2.24) is 21.0 Å². The van der Waals surface area contributed by atoms with E-state index in [1.54, 1.807) is 18.2 Å². The van der Waals surface area contributed by atoms with Crippen molar-refractivity contribution in [3.05, 3.63) is 77.7 Å². The Morgan fingerprint density at radius 1 is 1.00 bits per heavy atom. The van der Waals surface area contributed by atoms with Gasteiger partial charge in [0.05, 0.1) is 11.1 Å². The van der Waals surface area contributed by atoms with Crippen LogP contribution in [0, 0.1) is 5.82 Å². The van der Waals surface area contributed by atoms with Crippen LogP contribution in [0.1, 0.15) is 28.9 Å². The zero-order valence-electron chi connectivity index (χ0n) is 14.3. The summed E-state index contributed by atoms with van der Waals surface area (Å²) in [5.74, 6) is -1.16. The van der Waals surface area contributed by atoms with Gasteiger partial charge in [0.2, 0.25) is 5.91 Å². The van der Waals surface area contributed by atoms with Crippen molar-refractivity contribution in [1.29, 1.82) is 0 Å². The van der Waals surface area contributed by atoms with E-state index in [1.807, 2.05) is 30.3 Å². The number of hydrazine groups is 1. The Hall–Kier alpha value is -3.48. The zero-order chi connectivity index (χ0) is 18.9. The minimum Gasteiger partial charge on any atom is -0.272 e. The topological polar surface area (TPSA) is 86.9 Å². The number of carbonyl (C=O) groups excluding carboxylic acids is 2. The van der Waals surface area contributed by atoms with E-state index in [-0.39, 0.29) is 17.4 Å². The van der Waals surface area contributed by atoms with Gasteiger partial charge < -0.3 is 0 Å². The predicted octanol–water partition coefficient (Wildman–Crippen LogP) is 2.71. The molecule has 0 bridgehead atoms. The number of H-pyrrole nitrogens is 1. The Bertz CT molecular complexity index is 979. The molecule has 2 aromatic carbocycles. The van der Waals surface area contributed by atoms with Crippen molar-refractivity contribution in [3.8, 4) is 11.3 Å². The maximum Gasteiger partial charge on any atom is 0.287 e. The zero-order valence-corrected chi connectivity index (χ0v) is 14.3. The van der Waals surface area contributed by atoms with Crippen LogP contribution in [0.25, 0.3) is 11.3 Å². The summed E-state index contributed by atoms with van der Waals surface area (Å²) in [5.41, 5.74) is 6.66. The highest BCUT2D eigenvalue weighted by Gasteiger charge is 2.51. The monoisotopic (exact) mass is 364 g/mol. The van der Waals surface area contributed by atoms with Crippen LogP contribution in [0.15, 0.2) is 60.7 Å². The molecule has 0 saturated heterocycles. The fraction of sp³-hybridized carbons (Fsp3) is 0.150. The highest BCUT2D eigenvalue weighted by molar-refractivity contribution is 5.97. The quantitative estimate of drug-likeness (QED) is 0.622. The van der Waals surface area contributed by atoms with Crippen LogP contribution >= 0.6 is 0 Å². The van der Waals surface area contributed by atoms with E-state index in [1.165, 1.54) is 12.1 Å². The molecule has 1 fully saturated rings. The first-order chi connectivity index (χ1) is 13.1. The molecular formula is C20H17FN4O2. The lowest BCUT2D eigenvalue weighted by atomic mass is 9.95. The number of hydrogen-bond donors (Lipinski definition) is 3. The molecule has 1 aliphatic carbocycles. The van der Waals surface area contributed by atoms with Crippen molar-refractivity contribution in [2.75, 3.05) is 0 Å². The van der Waals surface area contributed by atoms with E-state index in [4.69, 9.17) is 0 Å². The smallest absolute Gasteiger partial charge is 0.272 e. The average Bonchev–Trinajstić information content (AvgIpc) is 3.36. The number of carbonyl (C=O) groups is 2. The highest BCUT2D eigenvalue weighted by Crippen LogP contribution is 2.48. The molecule has 0 spiro atoms. The number of rotatable bonds is 4. The molecule has 0 aliphatic heterocycles. The van der Waals surface area contributed by atoms with Crippen molar-refractivity contribution in [3.63, 3.8) is 0 Å². The molecule has 7 heteroatoms. The lowest BCUT2D eigenvalue weighted by Gasteiger charge is -2.16. The van der Waals surface area contributed by atoms with Crippen LogP contribution in [0.5, 0.6) is 0 Å². The molecule has 27 heavy (non-hydrogen) atoms. The van der Waals surface area contributed by atoms with E-state index in [9.17, 15) is 14.0 Å². The standard InChI is InChI=1S/C20H17FN4O2/c21-15-8-6-14(7-9-15)20(10-11-20)19(27)25-24-18(26)17-12-16(22-23-17)13-4-2-1-3-5-13/h1-9,12H,10-11H2,(H,22,23)(H,24,26)(H,25,27). The summed E-state index contributed by atoms with van der Waals surface area (Å²) in [4.78, 5) is 24.8. The number of aromatic nitrogens is 2. The first-order valence-electron chi connectivity index (χ1n) is 8.56. The van der Waals surface area contributed by atoms with Crippen LogP contribution in [0.3, 0.4) is 0 Å². The average molecular weight is 364 g/mol. The maximum absolute atomic E-state index is 13.1. The van der Waals surface area contributed by atoms with Gasteiger partial charge in [0.15, 0.2) is 0 Å². The first kappa shape index (κ1) is 17.0. The van der Waals surface area contributed by atoms with Gasteiger partial charge in [-0.15, -0.1) is 0 Å². The van der Waals surface area contributed by atoms with Gasteiger partial charge in [-0.25, -0.2) is 4.39 Å². The van der Waals surface area contributed by atoms with Gasteiger partial charge in [0.1, 0.15) is 11.5 Å². The second-order valence-corrected chi connectivity index (χ2v) is 6.53. The summed E-state index contributed by atoms with van der Waals surface area (Å²) in [5, 5.41) is 6.78. The summed E-state index contributed by atoms with van der Waals surface area (Å²) in [6.07, 6.45) is 1.31. The van der Waals surface area contributed by atoms with E-state index >= 15 is 0 Å². The Labute approximate surface area is 154 Å². The van der Waals surface area contributed by atoms with Gasteiger partial charge in [-0.05, 0) is 36.6 Å². The molecule has 6 nitrogen and oxygen atoms in total. The Kier molecular flexibility index (Phi) is 4.19. The largest absolute Gasteiger partial charge is 0.287 e. The molecule has 0 atom stereocenters. The fourth-order valence-electron chi connectivity index (χ4n) is 3.04. The molecule has 2 amide bonds. The van der Waals surface area contributed by atoms with Crippen molar-refractivity contribution in [2.24, 2.45) is 0 Å². The van der Waals surface area contributed by atoms with Gasteiger partial charge in [-0.2, -0.15) is 5.10 Å². The fourth-order valence-corrected chi connectivity index (χ4v) is 3.04. The van der Waals surface area contributed by atoms with Crippen LogP contribution in [-0.2, 0) is 10.2 Å². The van der Waals surface area contributed by atoms with E-state index in [0.29, 0.717) is 18.5 Å². The van der Waals surface area contributed by atoms with Gasteiger partial charge in [0, 0.05) is 5.56 Å². The Morgan fingerprint density at radius 3 is 2.37 bits per heavy atom. The second kappa shape index (κ2) is 6.68. The molecule has 1 heterocycles. The molecular weight excluding hydrogens is 347 g/mol. The van der Waals surface area contributed by atoms with Gasteiger partial charge in [-0.3, -0.25) is 25.5 Å². The van der Waals surface area contributed by atoms with Crippen LogP contribution in [0.4, 0.5) is 4.39 Å². The maximum atomic E-state index is 13.1. The molecule has 1 aliphatic rings. The first-order valence-corrected chi connectivity index (χ1v) is 8.56. The molecule has 0 radical (unpaired) electrons. The molecule has 3 N–H and O–H groups in total. The lowest BCUT2D eigenvalue weighted by molar-refractivity contribution is -0.124. The highest BCUT2D eigenvalue weighted by atomic mass is 19.1. The summed E-state index contributed by atoms with van der Waals surface area (Å²) in [6.45, 7) is 0. The minimum absolute atomic E-state index is 0.237. The molecule has 1 aromatic heterocycles. The Morgan fingerprint density at radius 2 is 1.70 bits per heavy atom. The van der Waals surface area contributed by atoms with Crippen molar-refractivity contribution >= 4 is 11.8 Å². The van der Waals surface area contributed by atoms with Crippen molar-refractivity contribution < 1.29 is 14.0 Å². The third-order valence-electron chi connectivity index (χ3n) is 4.76. The van der Waals surface area contributed by atoms with E-state index in [2.05, 4.69) is 21.0 Å². The third-order valence-corrected chi connectivity index (χ3v) is 4.76. The summed E-state index contributed by atoms with van der Waals surface area (Å²) in [6, 6.07) is 16.9. The molecule has 1 saturated carbocycles. The molecule has 4 rings (SSSR count). The molecule has 3 aromatic rings. The number of nitrogens with one attached hydrogen (secondary N) is 3. The van der Waals surface area contributed by atoms with Crippen molar-refractivity contribution in [2.45, 2.75) is 18.3 Å². The number of aromatic amines is 1. The van der Waals surface area contributed by atoms with E-state index < -0.39 is 11.3 Å². The Balaban J connectivity index is 1.40. The van der Waals surface area contributed by atoms with E-state index in [0.717, 1.165) is 11.1 Å². The predicted molar refractivity (Wildman–Crippen MR) is 96.9 cm³/mol. The number of benzene rings is 2. The molecule has 0 unspecified atom stereocenters. The SMILES string of the molecule is O=C(NNC(=O)C1(c2ccc(F)cc2)CC1)c1cc(-c2ccccc2)n[nH]1. The summed E-state index contributed by atoms with van der Waals surface area (Å²) in [7, 11) is 0. The number of halogens is 1. The van der Waals surface area contributed by atoms with Crippen LogP contribution in [-0.4, -0.2) is 22.0 Å². The van der Waals surface area contributed by atoms with Crippen LogP contribution in [0.2, 0.25) is 0 Å². The summed E-state index contributed by atoms with van der Waals surface area (Å²) >= 11 is 0. The van der Waals surface area contributed by atoms with Gasteiger partial charge >= 0.3 is 0 Å². The van der Waals surface area contributed by atoms with Gasteiger partial charge in [-0.1, -0.05) is 42.5 Å². The minimum atomic E-state index is -0.704. The molecule has 136 valence electrons. The lowest BCUT2D eigenvalue weighted by Crippen LogP contribution is -2.46. The van der Waals surface area contributed by atoms with Gasteiger partial charge in [0.25, 0.3) is 5.91 Å². The number of nitrogens with zero attached hydrogens (tertiary/aromatic N) is 1. The third kappa shape index (κ3) is 3.31. The number of amides is 2. The number of hydrogen-bond acceptors (Lipinski definition) is 3. The second-order valence-electron chi connectivity index (χ2n) is 6.53. The normalized spacial score (nSPS) is 14.4.